The standard InChI is InChI=1S/C10H13N3S/c1-7-12-10(9(6-11)14-7)13-8-4-2-3-5-8/h8,13H,2-5H2,1H3. The number of aromatic nitrogens is 1. The molecule has 14 heavy (non-hydrogen) atoms. The molecule has 0 aromatic carbocycles. The monoisotopic (exact) mass is 207 g/mol. The minimum absolute atomic E-state index is 0.531. The number of thiazole rings is 1. The topological polar surface area (TPSA) is 48.7 Å². The average molecular weight is 207 g/mol. The van der Waals surface area contributed by atoms with E-state index in [2.05, 4.69) is 16.4 Å². The van der Waals surface area contributed by atoms with Gasteiger partial charge in [0, 0.05) is 6.04 Å². The molecule has 0 unspecified atom stereocenters. The molecule has 3 nitrogen and oxygen atoms in total. The average Bonchev–Trinajstić information content (AvgIpc) is 2.76. The van der Waals surface area contributed by atoms with E-state index in [4.69, 9.17) is 5.26 Å². The van der Waals surface area contributed by atoms with Crippen LogP contribution in [0, 0.1) is 18.3 Å². The minimum Gasteiger partial charge on any atom is -0.366 e. The van der Waals surface area contributed by atoms with Gasteiger partial charge in [-0.25, -0.2) is 4.98 Å². The number of hydrogen-bond acceptors (Lipinski definition) is 4. The zero-order chi connectivity index (χ0) is 9.97. The normalized spacial score (nSPS) is 16.9. The van der Waals surface area contributed by atoms with E-state index in [1.165, 1.54) is 37.0 Å². The molecule has 1 aliphatic rings. The van der Waals surface area contributed by atoms with Crippen molar-refractivity contribution in [2.45, 2.75) is 38.6 Å². The van der Waals surface area contributed by atoms with Crippen LogP contribution in [-0.4, -0.2) is 11.0 Å². The van der Waals surface area contributed by atoms with Gasteiger partial charge in [0.15, 0.2) is 5.82 Å². The van der Waals surface area contributed by atoms with Crippen LogP contribution < -0.4 is 5.32 Å². The number of aryl methyl sites for hydroxylation is 1. The van der Waals surface area contributed by atoms with E-state index in [0.29, 0.717) is 6.04 Å². The van der Waals surface area contributed by atoms with Crippen molar-refractivity contribution in [3.8, 4) is 6.07 Å². The smallest absolute Gasteiger partial charge is 0.155 e. The first-order valence-electron chi connectivity index (χ1n) is 4.93. The van der Waals surface area contributed by atoms with Gasteiger partial charge in [-0.3, -0.25) is 0 Å². The van der Waals surface area contributed by atoms with Gasteiger partial charge in [0.1, 0.15) is 10.9 Å². The summed E-state index contributed by atoms with van der Waals surface area (Å²) in [6, 6.07) is 2.71. The Labute approximate surface area is 87.8 Å². The maximum absolute atomic E-state index is 8.89. The van der Waals surface area contributed by atoms with Gasteiger partial charge < -0.3 is 5.32 Å². The summed E-state index contributed by atoms with van der Waals surface area (Å²) in [4.78, 5) is 5.05. The van der Waals surface area contributed by atoms with Crippen LogP contribution in [0.25, 0.3) is 0 Å². The molecule has 0 radical (unpaired) electrons. The van der Waals surface area contributed by atoms with E-state index in [0.717, 1.165) is 15.7 Å². The van der Waals surface area contributed by atoms with Crippen LogP contribution >= 0.6 is 11.3 Å². The Balaban J connectivity index is 2.11. The molecule has 74 valence electrons. The summed E-state index contributed by atoms with van der Waals surface area (Å²) in [6.45, 7) is 1.94. The van der Waals surface area contributed by atoms with Crippen LogP contribution in [0.4, 0.5) is 5.82 Å². The van der Waals surface area contributed by atoms with Crippen LogP contribution in [0.1, 0.15) is 35.6 Å². The summed E-state index contributed by atoms with van der Waals surface area (Å²) in [6.07, 6.45) is 5.01. The molecular weight excluding hydrogens is 194 g/mol. The predicted molar refractivity (Wildman–Crippen MR) is 57.4 cm³/mol. The summed E-state index contributed by atoms with van der Waals surface area (Å²) in [5.41, 5.74) is 0. The molecule has 1 aliphatic carbocycles. The van der Waals surface area contributed by atoms with Gasteiger partial charge in [0.25, 0.3) is 0 Å². The Kier molecular flexibility index (Phi) is 2.69. The Morgan fingerprint density at radius 1 is 1.50 bits per heavy atom. The van der Waals surface area contributed by atoms with Crippen molar-refractivity contribution in [2.24, 2.45) is 0 Å². The summed E-state index contributed by atoms with van der Waals surface area (Å²) in [5.74, 6) is 0.793. The number of hydrogen-bond donors (Lipinski definition) is 1. The van der Waals surface area contributed by atoms with Gasteiger partial charge >= 0.3 is 0 Å². The second-order valence-electron chi connectivity index (χ2n) is 3.65. The number of nitrogens with zero attached hydrogens (tertiary/aromatic N) is 2. The quantitative estimate of drug-likeness (QED) is 0.811. The van der Waals surface area contributed by atoms with Gasteiger partial charge in [0.05, 0.1) is 5.01 Å². The molecule has 4 heteroatoms. The highest BCUT2D eigenvalue weighted by Gasteiger charge is 2.17. The molecule has 1 aromatic heterocycles. The molecule has 0 atom stereocenters. The molecule has 0 bridgehead atoms. The van der Waals surface area contributed by atoms with Crippen molar-refractivity contribution < 1.29 is 0 Å². The lowest BCUT2D eigenvalue weighted by Crippen LogP contribution is -2.15. The first-order valence-corrected chi connectivity index (χ1v) is 5.75. The first kappa shape index (κ1) is 9.47. The fraction of sp³-hybridized carbons (Fsp3) is 0.600. The largest absolute Gasteiger partial charge is 0.366 e. The van der Waals surface area contributed by atoms with Crippen LogP contribution in [-0.2, 0) is 0 Å². The Hall–Kier alpha value is -1.08. The molecule has 1 fully saturated rings. The van der Waals surface area contributed by atoms with E-state index in [9.17, 15) is 0 Å². The van der Waals surface area contributed by atoms with Gasteiger partial charge in [0.2, 0.25) is 0 Å². The third-order valence-corrected chi connectivity index (χ3v) is 3.41. The third kappa shape index (κ3) is 1.88. The van der Waals surface area contributed by atoms with Crippen molar-refractivity contribution in [1.29, 1.82) is 5.26 Å². The third-order valence-electron chi connectivity index (χ3n) is 2.53. The van der Waals surface area contributed by atoms with Crippen molar-refractivity contribution in [3.63, 3.8) is 0 Å². The zero-order valence-electron chi connectivity index (χ0n) is 8.21. The molecule has 1 heterocycles. The second kappa shape index (κ2) is 3.97. The summed E-state index contributed by atoms with van der Waals surface area (Å²) in [7, 11) is 0. The van der Waals surface area contributed by atoms with Gasteiger partial charge in [-0.05, 0) is 19.8 Å². The molecule has 2 rings (SSSR count). The number of anilines is 1. The highest BCUT2D eigenvalue weighted by Crippen LogP contribution is 2.26. The van der Waals surface area contributed by atoms with Crippen LogP contribution in [0.5, 0.6) is 0 Å². The highest BCUT2D eigenvalue weighted by molar-refractivity contribution is 7.12. The predicted octanol–water partition coefficient (Wildman–Crippen LogP) is 2.68. The molecular formula is C10H13N3S. The number of nitriles is 1. The fourth-order valence-electron chi connectivity index (χ4n) is 1.86. The maximum atomic E-state index is 8.89. The van der Waals surface area contributed by atoms with Crippen molar-refractivity contribution in [3.05, 3.63) is 9.88 Å². The molecule has 1 saturated carbocycles. The Bertz CT molecular complexity index is 358. The Morgan fingerprint density at radius 2 is 2.21 bits per heavy atom. The van der Waals surface area contributed by atoms with Crippen molar-refractivity contribution in [1.82, 2.24) is 4.98 Å². The summed E-state index contributed by atoms with van der Waals surface area (Å²) in [5, 5.41) is 13.2. The molecule has 1 aromatic rings. The van der Waals surface area contributed by atoms with E-state index in [1.807, 2.05) is 6.92 Å². The van der Waals surface area contributed by atoms with Crippen LogP contribution in [0.3, 0.4) is 0 Å². The minimum atomic E-state index is 0.531. The van der Waals surface area contributed by atoms with E-state index < -0.39 is 0 Å². The van der Waals surface area contributed by atoms with Gasteiger partial charge in [-0.2, -0.15) is 5.26 Å². The lowest BCUT2D eigenvalue weighted by Gasteiger charge is -2.10. The van der Waals surface area contributed by atoms with Crippen LogP contribution in [0.15, 0.2) is 0 Å². The lowest BCUT2D eigenvalue weighted by molar-refractivity contribution is 0.751. The maximum Gasteiger partial charge on any atom is 0.155 e. The zero-order valence-corrected chi connectivity index (χ0v) is 9.02. The number of rotatable bonds is 2. The lowest BCUT2D eigenvalue weighted by atomic mass is 10.2. The van der Waals surface area contributed by atoms with E-state index in [1.54, 1.807) is 0 Å². The fourth-order valence-corrected chi connectivity index (χ4v) is 2.54. The first-order chi connectivity index (χ1) is 6.79. The van der Waals surface area contributed by atoms with Crippen LogP contribution in [0.2, 0.25) is 0 Å². The molecule has 0 spiro atoms. The Morgan fingerprint density at radius 3 is 2.86 bits per heavy atom. The summed E-state index contributed by atoms with van der Waals surface area (Å²) < 4.78 is 0. The summed E-state index contributed by atoms with van der Waals surface area (Å²) >= 11 is 1.46. The highest BCUT2D eigenvalue weighted by atomic mass is 32.1. The molecule has 0 amide bonds. The SMILES string of the molecule is Cc1nc(NC2CCCC2)c(C#N)s1. The van der Waals surface area contributed by atoms with Gasteiger partial charge in [-0.15, -0.1) is 11.3 Å². The van der Waals surface area contributed by atoms with E-state index in [-0.39, 0.29) is 0 Å². The van der Waals surface area contributed by atoms with Crippen molar-refractivity contribution >= 4 is 17.2 Å². The van der Waals surface area contributed by atoms with E-state index >= 15 is 0 Å². The molecule has 1 N–H and O–H groups in total. The molecule has 0 aliphatic heterocycles. The molecule has 0 saturated heterocycles. The number of nitrogens with one attached hydrogen (secondary N) is 1. The van der Waals surface area contributed by atoms with Crippen molar-refractivity contribution in [2.75, 3.05) is 5.32 Å². The van der Waals surface area contributed by atoms with Gasteiger partial charge in [-0.1, -0.05) is 12.8 Å². The second-order valence-corrected chi connectivity index (χ2v) is 4.85.